The number of aromatic nitrogens is 3. The van der Waals surface area contributed by atoms with E-state index in [0.717, 1.165) is 27.8 Å². The second-order valence-electron chi connectivity index (χ2n) is 5.25. The van der Waals surface area contributed by atoms with E-state index in [1.165, 1.54) is 23.9 Å². The summed E-state index contributed by atoms with van der Waals surface area (Å²) in [7, 11) is 0. The van der Waals surface area contributed by atoms with Crippen molar-refractivity contribution in [3.05, 3.63) is 59.0 Å². The molecule has 23 heavy (non-hydrogen) atoms. The average Bonchev–Trinajstić information content (AvgIpc) is 2.99. The molecule has 0 aliphatic carbocycles. The van der Waals surface area contributed by atoms with Crippen LogP contribution in [0.2, 0.25) is 0 Å². The number of benzene rings is 1. The number of oxazole rings is 1. The molecule has 2 aromatic heterocycles. The van der Waals surface area contributed by atoms with E-state index in [4.69, 9.17) is 4.42 Å². The van der Waals surface area contributed by atoms with E-state index in [9.17, 15) is 4.39 Å². The molecule has 0 saturated heterocycles. The zero-order chi connectivity index (χ0) is 16.4. The van der Waals surface area contributed by atoms with Crippen molar-refractivity contribution in [1.29, 1.82) is 0 Å². The third-order valence-electron chi connectivity index (χ3n) is 3.58. The zero-order valence-electron chi connectivity index (χ0n) is 13.1. The highest BCUT2D eigenvalue weighted by molar-refractivity contribution is 7.98. The SMILES string of the molecule is Cc1nc(SCc2coc(-c3cccc(F)c3)n2)nc(C)c1C. The van der Waals surface area contributed by atoms with Crippen molar-refractivity contribution in [1.82, 2.24) is 15.0 Å². The van der Waals surface area contributed by atoms with E-state index < -0.39 is 0 Å². The molecule has 0 aliphatic heterocycles. The van der Waals surface area contributed by atoms with Crippen LogP contribution in [0.5, 0.6) is 0 Å². The van der Waals surface area contributed by atoms with Gasteiger partial charge < -0.3 is 4.42 Å². The van der Waals surface area contributed by atoms with Crippen molar-refractivity contribution >= 4 is 11.8 Å². The summed E-state index contributed by atoms with van der Waals surface area (Å²) in [6, 6.07) is 6.19. The lowest BCUT2D eigenvalue weighted by molar-refractivity contribution is 0.571. The van der Waals surface area contributed by atoms with Crippen LogP contribution in [0.1, 0.15) is 22.6 Å². The fourth-order valence-corrected chi connectivity index (χ4v) is 2.88. The lowest BCUT2D eigenvalue weighted by Crippen LogP contribution is -1.98. The molecule has 2 heterocycles. The molecule has 0 fully saturated rings. The summed E-state index contributed by atoms with van der Waals surface area (Å²) >= 11 is 1.50. The van der Waals surface area contributed by atoms with Gasteiger partial charge in [-0.15, -0.1) is 0 Å². The molecule has 1 aromatic carbocycles. The van der Waals surface area contributed by atoms with E-state index in [1.807, 2.05) is 20.8 Å². The number of halogens is 1. The minimum atomic E-state index is -0.310. The van der Waals surface area contributed by atoms with Crippen LogP contribution < -0.4 is 0 Å². The van der Waals surface area contributed by atoms with Crippen molar-refractivity contribution in [3.63, 3.8) is 0 Å². The fraction of sp³-hybridized carbons (Fsp3) is 0.235. The van der Waals surface area contributed by atoms with E-state index in [-0.39, 0.29) is 5.82 Å². The molecular formula is C17H16FN3OS. The fourth-order valence-electron chi connectivity index (χ4n) is 2.07. The number of rotatable bonds is 4. The number of aryl methyl sites for hydroxylation is 2. The van der Waals surface area contributed by atoms with Gasteiger partial charge in [0.15, 0.2) is 5.16 Å². The molecular weight excluding hydrogens is 313 g/mol. The molecule has 0 unspecified atom stereocenters. The van der Waals surface area contributed by atoms with Crippen molar-refractivity contribution in [2.24, 2.45) is 0 Å². The summed E-state index contributed by atoms with van der Waals surface area (Å²) in [6.45, 7) is 5.97. The predicted molar refractivity (Wildman–Crippen MR) is 87.7 cm³/mol. The van der Waals surface area contributed by atoms with Crippen molar-refractivity contribution in [3.8, 4) is 11.5 Å². The summed E-state index contributed by atoms with van der Waals surface area (Å²) in [5.41, 5.74) is 4.48. The summed E-state index contributed by atoms with van der Waals surface area (Å²) in [5, 5.41) is 0.723. The van der Waals surface area contributed by atoms with Crippen molar-refractivity contribution < 1.29 is 8.81 Å². The Morgan fingerprint density at radius 2 is 1.83 bits per heavy atom. The third kappa shape index (κ3) is 3.59. The number of hydrogen-bond acceptors (Lipinski definition) is 5. The Bertz CT molecular complexity index is 824. The van der Waals surface area contributed by atoms with Crippen LogP contribution in [-0.2, 0) is 5.75 Å². The first-order chi connectivity index (χ1) is 11.0. The maximum Gasteiger partial charge on any atom is 0.226 e. The molecule has 0 spiro atoms. The number of thioether (sulfide) groups is 1. The van der Waals surface area contributed by atoms with Crippen molar-refractivity contribution in [2.75, 3.05) is 0 Å². The first kappa shape index (κ1) is 15.7. The molecule has 4 nitrogen and oxygen atoms in total. The zero-order valence-corrected chi connectivity index (χ0v) is 13.9. The normalized spacial score (nSPS) is 11.0. The maximum atomic E-state index is 13.2. The Labute approximate surface area is 138 Å². The molecule has 0 aliphatic rings. The molecule has 0 N–H and O–H groups in total. The smallest absolute Gasteiger partial charge is 0.226 e. The van der Waals surface area contributed by atoms with Crippen LogP contribution in [-0.4, -0.2) is 15.0 Å². The number of nitrogens with zero attached hydrogens (tertiary/aromatic N) is 3. The third-order valence-corrected chi connectivity index (χ3v) is 4.47. The molecule has 0 saturated carbocycles. The molecule has 0 amide bonds. The first-order valence-electron chi connectivity index (χ1n) is 7.18. The van der Waals surface area contributed by atoms with Gasteiger partial charge >= 0.3 is 0 Å². The molecule has 3 aromatic rings. The number of hydrogen-bond donors (Lipinski definition) is 0. The first-order valence-corrected chi connectivity index (χ1v) is 8.16. The van der Waals surface area contributed by atoms with Crippen molar-refractivity contribution in [2.45, 2.75) is 31.7 Å². The summed E-state index contributed by atoms with van der Waals surface area (Å²) < 4.78 is 18.7. The molecule has 0 atom stereocenters. The van der Waals surface area contributed by atoms with Crippen LogP contribution >= 0.6 is 11.8 Å². The summed E-state index contributed by atoms with van der Waals surface area (Å²) in [6.07, 6.45) is 1.58. The van der Waals surface area contributed by atoms with Gasteiger partial charge in [0, 0.05) is 22.7 Å². The van der Waals surface area contributed by atoms with Crippen LogP contribution in [0.3, 0.4) is 0 Å². The summed E-state index contributed by atoms with van der Waals surface area (Å²) in [4.78, 5) is 13.3. The Kier molecular flexibility index (Phi) is 4.43. The van der Waals surface area contributed by atoms with Gasteiger partial charge in [-0.2, -0.15) is 0 Å². The second-order valence-corrected chi connectivity index (χ2v) is 6.19. The highest BCUT2D eigenvalue weighted by atomic mass is 32.2. The highest BCUT2D eigenvalue weighted by Crippen LogP contribution is 2.24. The van der Waals surface area contributed by atoms with E-state index in [2.05, 4.69) is 15.0 Å². The lowest BCUT2D eigenvalue weighted by Gasteiger charge is -2.05. The van der Waals surface area contributed by atoms with E-state index in [0.29, 0.717) is 17.2 Å². The Balaban J connectivity index is 1.73. The minimum Gasteiger partial charge on any atom is -0.444 e. The Morgan fingerprint density at radius 3 is 2.52 bits per heavy atom. The van der Waals surface area contributed by atoms with Gasteiger partial charge in [-0.1, -0.05) is 17.8 Å². The molecule has 3 rings (SSSR count). The highest BCUT2D eigenvalue weighted by Gasteiger charge is 2.10. The van der Waals surface area contributed by atoms with Crippen LogP contribution in [0.4, 0.5) is 4.39 Å². The van der Waals surface area contributed by atoms with Gasteiger partial charge in [-0.3, -0.25) is 0 Å². The maximum absolute atomic E-state index is 13.2. The Hall–Kier alpha value is -2.21. The molecule has 6 heteroatoms. The molecule has 0 bridgehead atoms. The average molecular weight is 329 g/mol. The van der Waals surface area contributed by atoms with Crippen LogP contribution in [0.25, 0.3) is 11.5 Å². The Morgan fingerprint density at radius 1 is 1.09 bits per heavy atom. The molecule has 118 valence electrons. The van der Waals surface area contributed by atoms with E-state index in [1.54, 1.807) is 18.4 Å². The van der Waals surface area contributed by atoms with Gasteiger partial charge in [-0.05, 0) is 44.5 Å². The van der Waals surface area contributed by atoms with E-state index >= 15 is 0 Å². The predicted octanol–water partition coefficient (Wildman–Crippen LogP) is 4.49. The van der Waals surface area contributed by atoms with Gasteiger partial charge in [0.25, 0.3) is 0 Å². The molecule has 0 radical (unpaired) electrons. The van der Waals surface area contributed by atoms with Crippen LogP contribution in [0.15, 0.2) is 40.1 Å². The van der Waals surface area contributed by atoms with Gasteiger partial charge in [-0.25, -0.2) is 19.3 Å². The quantitative estimate of drug-likeness (QED) is 0.521. The van der Waals surface area contributed by atoms with Gasteiger partial charge in [0.05, 0.1) is 5.69 Å². The minimum absolute atomic E-state index is 0.310. The summed E-state index contributed by atoms with van der Waals surface area (Å²) in [5.74, 6) is 0.703. The topological polar surface area (TPSA) is 51.8 Å². The van der Waals surface area contributed by atoms with Crippen LogP contribution in [0, 0.1) is 26.6 Å². The largest absolute Gasteiger partial charge is 0.444 e. The van der Waals surface area contributed by atoms with Gasteiger partial charge in [0.2, 0.25) is 5.89 Å². The monoisotopic (exact) mass is 329 g/mol. The van der Waals surface area contributed by atoms with Gasteiger partial charge in [0.1, 0.15) is 12.1 Å². The lowest BCUT2D eigenvalue weighted by atomic mass is 10.2. The standard InChI is InChI=1S/C17H16FN3OS/c1-10-11(2)19-17(20-12(10)3)23-9-15-8-22-16(21-15)13-5-4-6-14(18)7-13/h4-8H,9H2,1-3H3. The second kappa shape index (κ2) is 6.50.